The molecule has 3 fully saturated rings. The molecule has 0 bridgehead atoms. The first-order valence-corrected chi connectivity index (χ1v) is 13.8. The van der Waals surface area contributed by atoms with Crippen molar-refractivity contribution in [3.8, 4) is 0 Å². The van der Waals surface area contributed by atoms with Crippen LogP contribution >= 0.6 is 23.2 Å². The lowest BCUT2D eigenvalue weighted by molar-refractivity contribution is -0.177. The molecule has 2 aromatic rings. The molecule has 3 aliphatic rings. The predicted octanol–water partition coefficient (Wildman–Crippen LogP) is 4.25. The molecule has 0 aromatic heterocycles. The molecule has 2 heterocycles. The molecule has 3 atom stereocenters. The quantitative estimate of drug-likeness (QED) is 0.510. The predicted molar refractivity (Wildman–Crippen MR) is 143 cm³/mol. The summed E-state index contributed by atoms with van der Waals surface area (Å²) in [4.78, 5) is 30.8. The van der Waals surface area contributed by atoms with Gasteiger partial charge in [-0.3, -0.25) is 14.5 Å². The highest BCUT2D eigenvalue weighted by Crippen LogP contribution is 2.45. The Morgan fingerprint density at radius 1 is 1.00 bits per heavy atom. The van der Waals surface area contributed by atoms with Gasteiger partial charge in [0.15, 0.2) is 0 Å². The van der Waals surface area contributed by atoms with Crippen LogP contribution in [0.25, 0.3) is 0 Å². The van der Waals surface area contributed by atoms with E-state index in [2.05, 4.69) is 10.2 Å². The number of hydrogen-bond donors (Lipinski definition) is 1. The Morgan fingerprint density at radius 2 is 1.76 bits per heavy atom. The van der Waals surface area contributed by atoms with Crippen molar-refractivity contribution in [2.24, 2.45) is 5.92 Å². The second-order valence-electron chi connectivity index (χ2n) is 10.0. The fraction of sp³-hybridized carbons (Fsp3) is 0.500. The van der Waals surface area contributed by atoms with E-state index in [4.69, 9.17) is 32.7 Å². The number of carbonyl (C=O) groups is 2. The Labute approximate surface area is 228 Å². The summed E-state index contributed by atoms with van der Waals surface area (Å²) in [5.41, 5.74) is 1.82. The maximum Gasteiger partial charge on any atom is 0.252 e. The molecule has 2 saturated heterocycles. The number of morpholine rings is 2. The molecule has 0 radical (unpaired) electrons. The highest BCUT2D eigenvalue weighted by atomic mass is 35.5. The second-order valence-corrected chi connectivity index (χ2v) is 10.9. The highest BCUT2D eigenvalue weighted by Gasteiger charge is 2.46. The minimum Gasteiger partial charge on any atom is -0.379 e. The Kier molecular flexibility index (Phi) is 8.67. The van der Waals surface area contributed by atoms with Gasteiger partial charge < -0.3 is 19.7 Å². The van der Waals surface area contributed by atoms with Crippen molar-refractivity contribution in [3.05, 3.63) is 69.7 Å². The summed E-state index contributed by atoms with van der Waals surface area (Å²) in [5.74, 6) is 0.140. The zero-order chi connectivity index (χ0) is 25.8. The number of rotatable bonds is 9. The SMILES string of the molecule is O=C(C[C@@H]1O[C@@H](c2cccc(Cl)c2)[C@@H](c2ccc(Cl)cc2)N(CC2CC2)C1=O)NCCN1CCOCC1. The fourth-order valence-electron chi connectivity index (χ4n) is 5.09. The third-order valence-corrected chi connectivity index (χ3v) is 7.74. The molecular formula is C28H33Cl2N3O4. The van der Waals surface area contributed by atoms with Gasteiger partial charge in [-0.1, -0.05) is 47.5 Å². The lowest BCUT2D eigenvalue weighted by Gasteiger charge is -2.45. The van der Waals surface area contributed by atoms with Crippen LogP contribution in [-0.2, 0) is 19.1 Å². The summed E-state index contributed by atoms with van der Waals surface area (Å²) in [6.07, 6.45) is 0.851. The smallest absolute Gasteiger partial charge is 0.252 e. The van der Waals surface area contributed by atoms with Crippen LogP contribution in [0.1, 0.15) is 42.5 Å². The highest BCUT2D eigenvalue weighted by molar-refractivity contribution is 6.30. The molecule has 1 saturated carbocycles. The van der Waals surface area contributed by atoms with Crippen LogP contribution in [0.4, 0.5) is 0 Å². The first kappa shape index (κ1) is 26.4. The number of amides is 2. The van der Waals surface area contributed by atoms with Gasteiger partial charge in [-0.05, 0) is 54.2 Å². The molecule has 1 N–H and O–H groups in total. The van der Waals surface area contributed by atoms with E-state index in [9.17, 15) is 9.59 Å². The van der Waals surface area contributed by atoms with E-state index in [1.807, 2.05) is 53.4 Å². The van der Waals surface area contributed by atoms with Gasteiger partial charge in [0.1, 0.15) is 12.2 Å². The molecule has 37 heavy (non-hydrogen) atoms. The summed E-state index contributed by atoms with van der Waals surface area (Å²) in [5, 5.41) is 4.20. The molecule has 2 aromatic carbocycles. The Bertz CT molecular complexity index is 1090. The van der Waals surface area contributed by atoms with Gasteiger partial charge in [0.2, 0.25) is 5.91 Å². The number of carbonyl (C=O) groups excluding carboxylic acids is 2. The van der Waals surface area contributed by atoms with Gasteiger partial charge in [0.25, 0.3) is 5.91 Å². The fourth-order valence-corrected chi connectivity index (χ4v) is 5.42. The van der Waals surface area contributed by atoms with Crippen molar-refractivity contribution in [2.45, 2.75) is 37.5 Å². The number of nitrogens with zero attached hydrogens (tertiary/aromatic N) is 2. The molecule has 198 valence electrons. The van der Waals surface area contributed by atoms with Crippen molar-refractivity contribution in [3.63, 3.8) is 0 Å². The zero-order valence-corrected chi connectivity index (χ0v) is 22.3. The van der Waals surface area contributed by atoms with Gasteiger partial charge >= 0.3 is 0 Å². The lowest BCUT2D eigenvalue weighted by Crippen LogP contribution is -2.52. The normalized spacial score (nSPS) is 24.8. The van der Waals surface area contributed by atoms with E-state index in [1.165, 1.54) is 0 Å². The third-order valence-electron chi connectivity index (χ3n) is 7.26. The van der Waals surface area contributed by atoms with Crippen molar-refractivity contribution in [1.82, 2.24) is 15.1 Å². The van der Waals surface area contributed by atoms with Gasteiger partial charge in [0.05, 0.1) is 25.7 Å². The van der Waals surface area contributed by atoms with E-state index in [-0.39, 0.29) is 24.3 Å². The molecule has 0 unspecified atom stereocenters. The maximum absolute atomic E-state index is 13.8. The number of halogens is 2. The number of hydrogen-bond acceptors (Lipinski definition) is 5. The molecule has 1 aliphatic carbocycles. The van der Waals surface area contributed by atoms with E-state index in [0.29, 0.717) is 29.1 Å². The molecule has 2 amide bonds. The van der Waals surface area contributed by atoms with Gasteiger partial charge in [0, 0.05) is 42.8 Å². The van der Waals surface area contributed by atoms with E-state index >= 15 is 0 Å². The molecule has 2 aliphatic heterocycles. The molecule has 7 nitrogen and oxygen atoms in total. The van der Waals surface area contributed by atoms with Gasteiger partial charge in [-0.25, -0.2) is 0 Å². The van der Waals surface area contributed by atoms with Gasteiger partial charge in [-0.15, -0.1) is 0 Å². The number of ether oxygens (including phenoxy) is 2. The Morgan fingerprint density at radius 3 is 2.46 bits per heavy atom. The van der Waals surface area contributed by atoms with E-state index in [0.717, 1.165) is 56.8 Å². The summed E-state index contributed by atoms with van der Waals surface area (Å²) >= 11 is 12.5. The topological polar surface area (TPSA) is 71.1 Å². The van der Waals surface area contributed by atoms with Crippen molar-refractivity contribution in [1.29, 1.82) is 0 Å². The Hall–Kier alpha value is -2.16. The van der Waals surface area contributed by atoms with Crippen molar-refractivity contribution >= 4 is 35.0 Å². The number of benzene rings is 2. The standard InChI is InChI=1S/C28H33Cl2N3O4/c29-22-8-6-20(7-9-22)26-27(21-2-1-3-23(30)16-21)37-24(28(35)33(26)18-19-4-5-19)17-25(34)31-10-11-32-12-14-36-15-13-32/h1-3,6-9,16,19,24,26-27H,4-5,10-15,17-18H2,(H,31,34)/t24-,26+,27-/m0/s1. The van der Waals surface area contributed by atoms with Crippen LogP contribution in [0.5, 0.6) is 0 Å². The minimum absolute atomic E-state index is 0.0203. The van der Waals surface area contributed by atoms with E-state index in [1.54, 1.807) is 0 Å². The van der Waals surface area contributed by atoms with E-state index < -0.39 is 12.2 Å². The average Bonchev–Trinajstić information content (AvgIpc) is 3.72. The average molecular weight is 546 g/mol. The van der Waals surface area contributed by atoms with Crippen LogP contribution in [0.3, 0.4) is 0 Å². The minimum atomic E-state index is -0.866. The lowest BCUT2D eigenvalue weighted by atomic mass is 9.91. The first-order valence-electron chi connectivity index (χ1n) is 13.0. The maximum atomic E-state index is 13.8. The second kappa shape index (κ2) is 12.1. The summed E-state index contributed by atoms with van der Waals surface area (Å²) in [6.45, 7) is 5.08. The van der Waals surface area contributed by atoms with Crippen molar-refractivity contribution in [2.75, 3.05) is 45.9 Å². The molecular weight excluding hydrogens is 513 g/mol. The summed E-state index contributed by atoms with van der Waals surface area (Å²) in [6, 6.07) is 14.7. The van der Waals surface area contributed by atoms with Crippen LogP contribution in [0, 0.1) is 5.92 Å². The monoisotopic (exact) mass is 545 g/mol. The van der Waals surface area contributed by atoms with Gasteiger partial charge in [-0.2, -0.15) is 0 Å². The number of nitrogens with one attached hydrogen (secondary N) is 1. The largest absolute Gasteiger partial charge is 0.379 e. The summed E-state index contributed by atoms with van der Waals surface area (Å²) < 4.78 is 11.8. The molecule has 0 spiro atoms. The zero-order valence-electron chi connectivity index (χ0n) is 20.8. The third kappa shape index (κ3) is 6.84. The van der Waals surface area contributed by atoms with Crippen LogP contribution in [0.2, 0.25) is 10.0 Å². The Balaban J connectivity index is 1.35. The van der Waals surface area contributed by atoms with Crippen LogP contribution in [0.15, 0.2) is 48.5 Å². The molecule has 5 rings (SSSR count). The first-order chi connectivity index (χ1) is 18.0. The summed E-state index contributed by atoms with van der Waals surface area (Å²) in [7, 11) is 0. The molecule has 9 heteroatoms. The van der Waals surface area contributed by atoms with Crippen LogP contribution < -0.4 is 5.32 Å². The van der Waals surface area contributed by atoms with Crippen LogP contribution in [-0.4, -0.2) is 73.7 Å². The van der Waals surface area contributed by atoms with Crippen molar-refractivity contribution < 1.29 is 19.1 Å².